The molecular weight excluding hydrogens is 299 g/mol. The molecule has 1 aliphatic heterocycles. The van der Waals surface area contributed by atoms with Crippen molar-refractivity contribution in [1.82, 2.24) is 9.80 Å². The van der Waals surface area contributed by atoms with Crippen molar-refractivity contribution >= 4 is 6.09 Å². The Kier molecular flexibility index (Phi) is 5.82. The molecule has 23 heavy (non-hydrogen) atoms. The van der Waals surface area contributed by atoms with E-state index in [4.69, 9.17) is 9.47 Å². The molecule has 5 nitrogen and oxygen atoms in total. The first-order valence-corrected chi connectivity index (χ1v) is 7.92. The standard InChI is InChI=1S/C17H25FN2O3/c1-17(2,3)23-16(21)20-10-8-19(9-11-20)12-13-22-15-6-4-14(18)5-7-15/h4-7H,8-13H2,1-3H3. The van der Waals surface area contributed by atoms with Crippen molar-refractivity contribution in [3.8, 4) is 5.75 Å². The molecule has 1 heterocycles. The quantitative estimate of drug-likeness (QED) is 0.854. The third-order valence-electron chi connectivity index (χ3n) is 3.51. The Balaban J connectivity index is 1.66. The van der Waals surface area contributed by atoms with E-state index in [2.05, 4.69) is 4.90 Å². The number of hydrogen-bond acceptors (Lipinski definition) is 4. The van der Waals surface area contributed by atoms with Crippen LogP contribution in [0.25, 0.3) is 0 Å². The molecule has 1 saturated heterocycles. The van der Waals surface area contributed by atoms with Gasteiger partial charge in [-0.1, -0.05) is 0 Å². The molecule has 0 aliphatic carbocycles. The van der Waals surface area contributed by atoms with E-state index in [9.17, 15) is 9.18 Å². The largest absolute Gasteiger partial charge is 0.492 e. The third-order valence-corrected chi connectivity index (χ3v) is 3.51. The highest BCUT2D eigenvalue weighted by molar-refractivity contribution is 5.68. The van der Waals surface area contributed by atoms with Crippen molar-refractivity contribution in [1.29, 1.82) is 0 Å². The van der Waals surface area contributed by atoms with Crippen LogP contribution in [0.4, 0.5) is 9.18 Å². The number of hydrogen-bond donors (Lipinski definition) is 0. The number of amides is 1. The average molecular weight is 324 g/mol. The minimum absolute atomic E-state index is 0.250. The molecule has 1 aromatic rings. The van der Waals surface area contributed by atoms with Gasteiger partial charge >= 0.3 is 6.09 Å². The zero-order valence-corrected chi connectivity index (χ0v) is 14.0. The average Bonchev–Trinajstić information content (AvgIpc) is 2.48. The van der Waals surface area contributed by atoms with Crippen molar-refractivity contribution in [2.45, 2.75) is 26.4 Å². The molecule has 0 spiro atoms. The van der Waals surface area contributed by atoms with E-state index in [0.717, 1.165) is 19.6 Å². The fourth-order valence-corrected chi connectivity index (χ4v) is 2.30. The van der Waals surface area contributed by atoms with E-state index in [0.29, 0.717) is 25.4 Å². The van der Waals surface area contributed by atoms with Gasteiger partial charge in [0.15, 0.2) is 0 Å². The van der Waals surface area contributed by atoms with Crippen molar-refractivity contribution in [2.24, 2.45) is 0 Å². The summed E-state index contributed by atoms with van der Waals surface area (Å²) < 4.78 is 23.8. The summed E-state index contributed by atoms with van der Waals surface area (Å²) in [6, 6.07) is 6.01. The molecule has 0 unspecified atom stereocenters. The highest BCUT2D eigenvalue weighted by Crippen LogP contribution is 2.13. The van der Waals surface area contributed by atoms with Gasteiger partial charge in [-0.15, -0.1) is 0 Å². The molecule has 0 N–H and O–H groups in total. The summed E-state index contributed by atoms with van der Waals surface area (Å²) in [6.07, 6.45) is -0.250. The van der Waals surface area contributed by atoms with Crippen LogP contribution in [0.5, 0.6) is 5.75 Å². The number of nitrogens with zero attached hydrogens (tertiary/aromatic N) is 2. The Bertz CT molecular complexity index is 506. The predicted molar refractivity (Wildman–Crippen MR) is 86.1 cm³/mol. The molecule has 0 radical (unpaired) electrons. The van der Waals surface area contributed by atoms with Gasteiger partial charge in [-0.05, 0) is 45.0 Å². The lowest BCUT2D eigenvalue weighted by Gasteiger charge is -2.35. The van der Waals surface area contributed by atoms with E-state index in [-0.39, 0.29) is 11.9 Å². The maximum Gasteiger partial charge on any atom is 0.410 e. The fraction of sp³-hybridized carbons (Fsp3) is 0.588. The Labute approximate surface area is 137 Å². The summed E-state index contributed by atoms with van der Waals surface area (Å²) in [6.45, 7) is 9.84. The minimum atomic E-state index is -0.461. The summed E-state index contributed by atoms with van der Waals surface area (Å²) in [5.74, 6) is 0.398. The van der Waals surface area contributed by atoms with E-state index in [1.807, 2.05) is 20.8 Å². The van der Waals surface area contributed by atoms with Gasteiger partial charge in [-0.25, -0.2) is 9.18 Å². The zero-order chi connectivity index (χ0) is 16.9. The first-order chi connectivity index (χ1) is 10.8. The molecule has 1 fully saturated rings. The lowest BCUT2D eigenvalue weighted by molar-refractivity contribution is 0.0137. The second kappa shape index (κ2) is 7.64. The van der Waals surface area contributed by atoms with Gasteiger partial charge in [0, 0.05) is 32.7 Å². The lowest BCUT2D eigenvalue weighted by Crippen LogP contribution is -2.50. The van der Waals surface area contributed by atoms with E-state index in [1.54, 1.807) is 17.0 Å². The monoisotopic (exact) mass is 324 g/mol. The van der Waals surface area contributed by atoms with Gasteiger partial charge in [-0.3, -0.25) is 4.90 Å². The SMILES string of the molecule is CC(C)(C)OC(=O)N1CCN(CCOc2ccc(F)cc2)CC1. The topological polar surface area (TPSA) is 42.0 Å². The van der Waals surface area contributed by atoms with Crippen LogP contribution in [0.1, 0.15) is 20.8 Å². The normalized spacial score (nSPS) is 16.3. The van der Waals surface area contributed by atoms with Crippen molar-refractivity contribution < 1.29 is 18.7 Å². The Morgan fingerprint density at radius 3 is 2.30 bits per heavy atom. The zero-order valence-electron chi connectivity index (χ0n) is 14.0. The van der Waals surface area contributed by atoms with Crippen LogP contribution >= 0.6 is 0 Å². The Morgan fingerprint density at radius 2 is 1.74 bits per heavy atom. The van der Waals surface area contributed by atoms with E-state index < -0.39 is 5.60 Å². The number of carbonyl (C=O) groups excluding carboxylic acids is 1. The minimum Gasteiger partial charge on any atom is -0.492 e. The van der Waals surface area contributed by atoms with Crippen LogP contribution in [-0.4, -0.2) is 60.8 Å². The van der Waals surface area contributed by atoms with Gasteiger partial charge in [0.2, 0.25) is 0 Å². The molecule has 0 aromatic heterocycles. The molecule has 128 valence electrons. The highest BCUT2D eigenvalue weighted by atomic mass is 19.1. The fourth-order valence-electron chi connectivity index (χ4n) is 2.30. The van der Waals surface area contributed by atoms with E-state index in [1.165, 1.54) is 12.1 Å². The van der Waals surface area contributed by atoms with Gasteiger partial charge < -0.3 is 14.4 Å². The van der Waals surface area contributed by atoms with Gasteiger partial charge in [0.25, 0.3) is 0 Å². The lowest BCUT2D eigenvalue weighted by atomic mass is 10.2. The van der Waals surface area contributed by atoms with Crippen molar-refractivity contribution in [3.05, 3.63) is 30.1 Å². The third kappa shape index (κ3) is 6.06. The number of benzene rings is 1. The first kappa shape index (κ1) is 17.5. The maximum atomic E-state index is 12.8. The summed E-state index contributed by atoms with van der Waals surface area (Å²) in [5, 5.41) is 0. The van der Waals surface area contributed by atoms with Crippen LogP contribution in [-0.2, 0) is 4.74 Å². The molecule has 1 aliphatic rings. The van der Waals surface area contributed by atoms with Crippen molar-refractivity contribution in [3.63, 3.8) is 0 Å². The second-order valence-electron chi connectivity index (χ2n) is 6.61. The van der Waals surface area contributed by atoms with Crippen molar-refractivity contribution in [2.75, 3.05) is 39.3 Å². The molecule has 0 saturated carbocycles. The maximum absolute atomic E-state index is 12.8. The number of piperazine rings is 1. The first-order valence-electron chi connectivity index (χ1n) is 7.92. The molecule has 0 atom stereocenters. The van der Waals surface area contributed by atoms with Crippen LogP contribution in [0.3, 0.4) is 0 Å². The van der Waals surface area contributed by atoms with Gasteiger partial charge in [-0.2, -0.15) is 0 Å². The van der Waals surface area contributed by atoms with E-state index >= 15 is 0 Å². The number of halogens is 1. The number of rotatable bonds is 4. The number of ether oxygens (including phenoxy) is 2. The van der Waals surface area contributed by atoms with Gasteiger partial charge in [0.1, 0.15) is 23.8 Å². The second-order valence-corrected chi connectivity index (χ2v) is 6.61. The Hall–Kier alpha value is -1.82. The molecule has 2 rings (SSSR count). The molecule has 1 amide bonds. The summed E-state index contributed by atoms with van der Waals surface area (Å²) in [7, 11) is 0. The summed E-state index contributed by atoms with van der Waals surface area (Å²) in [5.41, 5.74) is -0.461. The molecule has 6 heteroatoms. The summed E-state index contributed by atoms with van der Waals surface area (Å²) in [4.78, 5) is 16.0. The summed E-state index contributed by atoms with van der Waals surface area (Å²) >= 11 is 0. The predicted octanol–water partition coefficient (Wildman–Crippen LogP) is 2.76. The smallest absolute Gasteiger partial charge is 0.410 e. The van der Waals surface area contributed by atoms with Gasteiger partial charge in [0.05, 0.1) is 0 Å². The highest BCUT2D eigenvalue weighted by Gasteiger charge is 2.25. The molecular formula is C17H25FN2O3. The number of carbonyl (C=O) groups is 1. The Morgan fingerprint density at radius 1 is 1.13 bits per heavy atom. The van der Waals surface area contributed by atoms with Crippen LogP contribution in [0.15, 0.2) is 24.3 Å². The molecule has 1 aromatic carbocycles. The van der Waals surface area contributed by atoms with Crippen LogP contribution in [0.2, 0.25) is 0 Å². The van der Waals surface area contributed by atoms with Crippen LogP contribution in [0, 0.1) is 5.82 Å². The van der Waals surface area contributed by atoms with Crippen LogP contribution < -0.4 is 4.74 Å². The molecule has 0 bridgehead atoms.